The fourth-order valence-electron chi connectivity index (χ4n) is 1.91. The lowest BCUT2D eigenvalue weighted by atomic mass is 9.96. The lowest BCUT2D eigenvalue weighted by Crippen LogP contribution is -2.31. The molecule has 0 radical (unpaired) electrons. The normalized spacial score (nSPS) is 17.1. The third-order valence-corrected chi connectivity index (χ3v) is 2.77. The van der Waals surface area contributed by atoms with E-state index in [0.29, 0.717) is 17.2 Å². The second-order valence-corrected chi connectivity index (χ2v) is 4.41. The number of benzene rings is 1. The number of aliphatic imine (C=N–C) groups is 1. The average molecular weight is 249 g/mol. The highest BCUT2D eigenvalue weighted by atomic mass is 16.6. The number of rotatable bonds is 3. The molecule has 0 saturated heterocycles. The second-order valence-electron chi connectivity index (χ2n) is 4.41. The lowest BCUT2D eigenvalue weighted by Gasteiger charge is -2.19. The van der Waals surface area contributed by atoms with E-state index in [0.717, 1.165) is 5.56 Å². The van der Waals surface area contributed by atoms with E-state index in [1.54, 1.807) is 40.2 Å². The molecule has 1 aliphatic heterocycles. The zero-order valence-electron chi connectivity index (χ0n) is 10.8. The van der Waals surface area contributed by atoms with Crippen LogP contribution >= 0.6 is 0 Å². The van der Waals surface area contributed by atoms with Crippen LogP contribution in [0.4, 0.5) is 4.79 Å². The van der Waals surface area contributed by atoms with Crippen molar-refractivity contribution in [2.24, 2.45) is 4.99 Å². The first kappa shape index (κ1) is 12.4. The SMILES string of the molecule is COc1ccc(C2=NC(=O)OC2(C)C)cc1OC. The summed E-state index contributed by atoms with van der Waals surface area (Å²) in [4.78, 5) is 15.2. The molecule has 96 valence electrons. The summed E-state index contributed by atoms with van der Waals surface area (Å²) >= 11 is 0. The molecule has 0 atom stereocenters. The maximum Gasteiger partial charge on any atom is 0.434 e. The fourth-order valence-corrected chi connectivity index (χ4v) is 1.91. The topological polar surface area (TPSA) is 57.1 Å². The number of hydrogen-bond acceptors (Lipinski definition) is 4. The third kappa shape index (κ3) is 2.03. The van der Waals surface area contributed by atoms with E-state index in [-0.39, 0.29) is 0 Å². The molecule has 5 nitrogen and oxygen atoms in total. The number of carbonyl (C=O) groups excluding carboxylic acids is 1. The summed E-state index contributed by atoms with van der Waals surface area (Å²) in [5, 5.41) is 0. The Morgan fingerprint density at radius 3 is 2.33 bits per heavy atom. The molecule has 1 aliphatic rings. The molecule has 5 heteroatoms. The number of hydrogen-bond donors (Lipinski definition) is 0. The van der Waals surface area contributed by atoms with Gasteiger partial charge in [-0.1, -0.05) is 0 Å². The van der Waals surface area contributed by atoms with Crippen LogP contribution in [-0.2, 0) is 4.74 Å². The Balaban J connectivity index is 2.46. The Bertz CT molecular complexity index is 520. The van der Waals surface area contributed by atoms with Crippen LogP contribution in [0.2, 0.25) is 0 Å². The minimum Gasteiger partial charge on any atom is -0.493 e. The molecule has 0 N–H and O–H groups in total. The standard InChI is InChI=1S/C13H15NO4/c1-13(2)11(14-12(15)18-13)8-5-6-9(16-3)10(7-8)17-4/h5-7H,1-4H3. The Kier molecular flexibility index (Phi) is 2.98. The molecule has 0 spiro atoms. The third-order valence-electron chi connectivity index (χ3n) is 2.77. The van der Waals surface area contributed by atoms with Gasteiger partial charge in [0.05, 0.1) is 19.9 Å². The molecule has 0 aliphatic carbocycles. The van der Waals surface area contributed by atoms with Crippen molar-refractivity contribution < 1.29 is 19.0 Å². The van der Waals surface area contributed by atoms with Crippen molar-refractivity contribution in [2.45, 2.75) is 19.4 Å². The van der Waals surface area contributed by atoms with Gasteiger partial charge in [0.1, 0.15) is 0 Å². The summed E-state index contributed by atoms with van der Waals surface area (Å²) < 4.78 is 15.5. The molecule has 1 heterocycles. The van der Waals surface area contributed by atoms with E-state index in [1.165, 1.54) is 0 Å². The van der Waals surface area contributed by atoms with E-state index < -0.39 is 11.7 Å². The van der Waals surface area contributed by atoms with Crippen LogP contribution < -0.4 is 9.47 Å². The molecule has 0 saturated carbocycles. The number of ether oxygens (including phenoxy) is 3. The summed E-state index contributed by atoms with van der Waals surface area (Å²) in [7, 11) is 3.13. The van der Waals surface area contributed by atoms with E-state index in [9.17, 15) is 4.79 Å². The molecule has 0 fully saturated rings. The maximum absolute atomic E-state index is 11.3. The molecule has 18 heavy (non-hydrogen) atoms. The van der Waals surface area contributed by atoms with Crippen LogP contribution in [-0.4, -0.2) is 31.6 Å². The smallest absolute Gasteiger partial charge is 0.434 e. The molecule has 0 unspecified atom stereocenters. The Hall–Kier alpha value is -2.04. The van der Waals surface area contributed by atoms with Gasteiger partial charge in [0.15, 0.2) is 17.1 Å². The van der Waals surface area contributed by atoms with Crippen LogP contribution in [0.25, 0.3) is 0 Å². The van der Waals surface area contributed by atoms with Gasteiger partial charge in [0.25, 0.3) is 0 Å². The minimum atomic E-state index is -0.726. The molecule has 1 aromatic rings. The van der Waals surface area contributed by atoms with Gasteiger partial charge in [0.2, 0.25) is 0 Å². The van der Waals surface area contributed by atoms with Gasteiger partial charge in [-0.2, -0.15) is 4.99 Å². The summed E-state index contributed by atoms with van der Waals surface area (Å²) in [6.45, 7) is 3.60. The Morgan fingerprint density at radius 1 is 1.17 bits per heavy atom. The van der Waals surface area contributed by atoms with Gasteiger partial charge in [-0.15, -0.1) is 0 Å². The number of cyclic esters (lactones) is 1. The van der Waals surface area contributed by atoms with Gasteiger partial charge < -0.3 is 14.2 Å². The van der Waals surface area contributed by atoms with Crippen molar-refractivity contribution >= 4 is 11.8 Å². The van der Waals surface area contributed by atoms with Crippen LogP contribution in [0.15, 0.2) is 23.2 Å². The van der Waals surface area contributed by atoms with E-state index in [2.05, 4.69) is 4.99 Å². The number of carbonyl (C=O) groups is 1. The first-order valence-electron chi connectivity index (χ1n) is 5.52. The average Bonchev–Trinajstić information content (AvgIpc) is 2.61. The van der Waals surface area contributed by atoms with Gasteiger partial charge >= 0.3 is 6.09 Å². The van der Waals surface area contributed by atoms with Gasteiger partial charge in [-0.3, -0.25) is 0 Å². The van der Waals surface area contributed by atoms with Crippen LogP contribution in [0.5, 0.6) is 11.5 Å². The monoisotopic (exact) mass is 249 g/mol. The first-order valence-corrected chi connectivity index (χ1v) is 5.52. The summed E-state index contributed by atoms with van der Waals surface area (Å²) in [5.74, 6) is 1.22. The van der Waals surface area contributed by atoms with Crippen molar-refractivity contribution in [1.82, 2.24) is 0 Å². The summed E-state index contributed by atoms with van der Waals surface area (Å²) in [6.07, 6.45) is -0.565. The summed E-state index contributed by atoms with van der Waals surface area (Å²) in [5.41, 5.74) is 0.647. The molecule has 1 amide bonds. The quantitative estimate of drug-likeness (QED) is 0.825. The molecular weight excluding hydrogens is 234 g/mol. The molecule has 0 bridgehead atoms. The van der Waals surface area contributed by atoms with E-state index in [4.69, 9.17) is 14.2 Å². The maximum atomic E-state index is 11.3. The van der Waals surface area contributed by atoms with E-state index >= 15 is 0 Å². The number of amides is 1. The first-order chi connectivity index (χ1) is 8.47. The van der Waals surface area contributed by atoms with Crippen molar-refractivity contribution in [2.75, 3.05) is 14.2 Å². The molecule has 1 aromatic carbocycles. The fraction of sp³-hybridized carbons (Fsp3) is 0.385. The van der Waals surface area contributed by atoms with Gasteiger partial charge in [-0.05, 0) is 32.0 Å². The van der Waals surface area contributed by atoms with Crippen LogP contribution in [0.3, 0.4) is 0 Å². The highest BCUT2D eigenvalue weighted by Crippen LogP contribution is 2.31. The second kappa shape index (κ2) is 4.33. The van der Waals surface area contributed by atoms with Gasteiger partial charge in [0, 0.05) is 5.56 Å². The highest BCUT2D eigenvalue weighted by Gasteiger charge is 2.37. The molecule has 0 aromatic heterocycles. The molecular formula is C13H15NO4. The minimum absolute atomic E-state index is 0.565. The zero-order valence-corrected chi connectivity index (χ0v) is 10.8. The largest absolute Gasteiger partial charge is 0.493 e. The number of nitrogens with zero attached hydrogens (tertiary/aromatic N) is 1. The van der Waals surface area contributed by atoms with Crippen molar-refractivity contribution in [3.05, 3.63) is 23.8 Å². The Morgan fingerprint density at radius 2 is 1.83 bits per heavy atom. The molecule has 2 rings (SSSR count). The zero-order chi connectivity index (χ0) is 13.3. The highest BCUT2D eigenvalue weighted by molar-refractivity contribution is 6.14. The number of methoxy groups -OCH3 is 2. The van der Waals surface area contributed by atoms with Crippen molar-refractivity contribution in [3.8, 4) is 11.5 Å². The van der Waals surface area contributed by atoms with Crippen molar-refractivity contribution in [3.63, 3.8) is 0 Å². The van der Waals surface area contributed by atoms with Crippen LogP contribution in [0, 0.1) is 0 Å². The predicted molar refractivity (Wildman–Crippen MR) is 66.6 cm³/mol. The van der Waals surface area contributed by atoms with E-state index in [1.807, 2.05) is 6.07 Å². The summed E-state index contributed by atoms with van der Waals surface area (Å²) in [6, 6.07) is 5.38. The lowest BCUT2D eigenvalue weighted by molar-refractivity contribution is 0.107. The van der Waals surface area contributed by atoms with Gasteiger partial charge in [-0.25, -0.2) is 4.79 Å². The Labute approximate surface area is 105 Å². The van der Waals surface area contributed by atoms with Crippen LogP contribution in [0.1, 0.15) is 19.4 Å². The van der Waals surface area contributed by atoms with Crippen molar-refractivity contribution in [1.29, 1.82) is 0 Å². The predicted octanol–water partition coefficient (Wildman–Crippen LogP) is 2.42.